The maximum Gasteiger partial charge on any atom is 1.00 e. The van der Waals surface area contributed by atoms with E-state index < -0.39 is 15.1 Å². The molecule has 14 heavy (non-hydrogen) atoms. The zero-order valence-electron chi connectivity index (χ0n) is 9.12. The Kier molecular flexibility index (Phi) is 9.87. The van der Waals surface area contributed by atoms with Crippen molar-refractivity contribution in [1.29, 1.82) is 0 Å². The summed E-state index contributed by atoms with van der Waals surface area (Å²) in [7, 11) is -4.59. The fourth-order valence-electron chi connectivity index (χ4n) is 1.13. The Bertz CT molecular complexity index is 240. The van der Waals surface area contributed by atoms with Crippen LogP contribution in [0.2, 0.25) is 0 Å². The quantitative estimate of drug-likeness (QED) is 0.342. The van der Waals surface area contributed by atoms with Crippen LogP contribution in [0.4, 0.5) is 0 Å². The molecule has 0 heterocycles. The topological polar surface area (TPSA) is 77.4 Å². The van der Waals surface area contributed by atoms with E-state index in [-0.39, 0.29) is 64.2 Å². The second-order valence-electron chi connectivity index (χ2n) is 3.21. The molecule has 0 aliphatic rings. The Labute approximate surface area is 129 Å². The first-order valence-corrected chi connectivity index (χ1v) is 5.96. The molecule has 1 unspecified atom stereocenters. The van der Waals surface area contributed by atoms with Gasteiger partial charge in [0.2, 0.25) is 0 Å². The van der Waals surface area contributed by atoms with E-state index in [2.05, 4.69) is 0 Å². The summed E-state index contributed by atoms with van der Waals surface area (Å²) in [5, 5.41) is 9.48. The van der Waals surface area contributed by atoms with Crippen LogP contribution in [-0.2, 0) is 10.1 Å². The van der Waals surface area contributed by atoms with Gasteiger partial charge in [-0.05, 0) is 19.3 Å². The van der Waals surface area contributed by atoms with Gasteiger partial charge in [0, 0.05) is 0 Å². The van der Waals surface area contributed by atoms with Gasteiger partial charge in [-0.3, -0.25) is 0 Å². The predicted octanol–water partition coefficient (Wildman–Crippen LogP) is -1.79. The van der Waals surface area contributed by atoms with Crippen molar-refractivity contribution in [3.05, 3.63) is 0 Å². The summed E-state index contributed by atoms with van der Waals surface area (Å²) in [6.45, 7) is 3.47. The maximum atomic E-state index is 10.7. The van der Waals surface area contributed by atoms with E-state index in [1.807, 2.05) is 6.92 Å². The van der Waals surface area contributed by atoms with E-state index in [0.717, 1.165) is 12.8 Å². The standard InChI is InChI=1S/C8H18O4S.K/c1-3-5-6-7-8(9,4-2)13(10,11)12;/h9H,3-7H2,1-2H3,(H,10,11,12);/q;+1/p-1. The molecule has 0 aromatic carbocycles. The molecule has 4 nitrogen and oxygen atoms in total. The van der Waals surface area contributed by atoms with E-state index >= 15 is 0 Å². The van der Waals surface area contributed by atoms with Crippen molar-refractivity contribution in [2.24, 2.45) is 0 Å². The molecular weight excluding hydrogens is 231 g/mol. The molecule has 0 saturated carbocycles. The molecule has 0 aromatic rings. The van der Waals surface area contributed by atoms with Crippen molar-refractivity contribution in [1.82, 2.24) is 0 Å². The normalized spacial score (nSPS) is 15.7. The van der Waals surface area contributed by atoms with E-state index in [0.29, 0.717) is 6.42 Å². The molecule has 1 atom stereocenters. The van der Waals surface area contributed by atoms with Crippen molar-refractivity contribution < 1.29 is 69.5 Å². The number of aliphatic hydroxyl groups is 1. The molecule has 1 N–H and O–H groups in total. The Hall–Kier alpha value is 1.51. The minimum absolute atomic E-state index is 0. The minimum Gasteiger partial charge on any atom is -0.746 e. The number of unbranched alkanes of at least 4 members (excludes halogenated alkanes) is 2. The van der Waals surface area contributed by atoms with Gasteiger partial charge in [-0.15, -0.1) is 0 Å². The average molecular weight is 248 g/mol. The first-order chi connectivity index (χ1) is 5.87. The fraction of sp³-hybridized carbons (Fsp3) is 1.00. The Morgan fingerprint density at radius 1 is 1.29 bits per heavy atom. The molecule has 0 aliphatic heterocycles. The van der Waals surface area contributed by atoms with Crippen LogP contribution in [-0.4, -0.2) is 23.0 Å². The first kappa shape index (κ1) is 17.9. The smallest absolute Gasteiger partial charge is 0.746 e. The van der Waals surface area contributed by atoms with Gasteiger partial charge in [-0.1, -0.05) is 26.7 Å². The number of hydrogen-bond donors (Lipinski definition) is 1. The molecule has 6 heteroatoms. The molecule has 0 fully saturated rings. The van der Waals surface area contributed by atoms with E-state index in [1.54, 1.807) is 0 Å². The van der Waals surface area contributed by atoms with Crippen molar-refractivity contribution in [2.75, 3.05) is 0 Å². The summed E-state index contributed by atoms with van der Waals surface area (Å²) in [5.74, 6) is 0. The number of hydrogen-bond acceptors (Lipinski definition) is 4. The SMILES string of the molecule is CCCCCC(O)(CC)S(=O)(=O)[O-].[K+]. The third kappa shape index (κ3) is 5.55. The van der Waals surface area contributed by atoms with E-state index in [4.69, 9.17) is 0 Å². The summed E-state index contributed by atoms with van der Waals surface area (Å²) in [4.78, 5) is -2.05. The largest absolute Gasteiger partial charge is 1.00 e. The summed E-state index contributed by atoms with van der Waals surface area (Å²) >= 11 is 0. The maximum absolute atomic E-state index is 10.7. The summed E-state index contributed by atoms with van der Waals surface area (Å²) in [5.41, 5.74) is 0. The first-order valence-electron chi connectivity index (χ1n) is 4.55. The van der Waals surface area contributed by atoms with Crippen LogP contribution in [0, 0.1) is 0 Å². The Balaban J connectivity index is 0. The fourth-order valence-corrected chi connectivity index (χ4v) is 1.88. The zero-order chi connectivity index (χ0) is 10.5. The van der Waals surface area contributed by atoms with Crippen molar-refractivity contribution in [2.45, 2.75) is 50.9 Å². The van der Waals surface area contributed by atoms with E-state index in [1.165, 1.54) is 6.92 Å². The third-order valence-electron chi connectivity index (χ3n) is 2.19. The van der Waals surface area contributed by atoms with Crippen LogP contribution < -0.4 is 51.4 Å². The van der Waals surface area contributed by atoms with Crippen molar-refractivity contribution >= 4 is 10.1 Å². The van der Waals surface area contributed by atoms with Gasteiger partial charge in [0.1, 0.15) is 10.1 Å². The molecule has 0 aromatic heterocycles. The van der Waals surface area contributed by atoms with Crippen LogP contribution in [0.3, 0.4) is 0 Å². The summed E-state index contributed by atoms with van der Waals surface area (Å²) in [6, 6.07) is 0. The van der Waals surface area contributed by atoms with Gasteiger partial charge in [-0.25, -0.2) is 8.42 Å². The molecule has 0 spiro atoms. The van der Waals surface area contributed by atoms with Gasteiger partial charge in [0.15, 0.2) is 4.93 Å². The van der Waals surface area contributed by atoms with Crippen LogP contribution in [0.15, 0.2) is 0 Å². The molecule has 0 rings (SSSR count). The second kappa shape index (κ2) is 7.73. The third-order valence-corrected chi connectivity index (χ3v) is 3.61. The van der Waals surface area contributed by atoms with Crippen LogP contribution >= 0.6 is 0 Å². The molecule has 0 aliphatic carbocycles. The van der Waals surface area contributed by atoms with Crippen LogP contribution in [0.1, 0.15) is 46.0 Å². The van der Waals surface area contributed by atoms with Gasteiger partial charge in [-0.2, -0.15) is 0 Å². The molecule has 80 valence electrons. The Morgan fingerprint density at radius 3 is 2.07 bits per heavy atom. The summed E-state index contributed by atoms with van der Waals surface area (Å²) in [6.07, 6.45) is 2.34. The zero-order valence-corrected chi connectivity index (χ0v) is 13.1. The summed E-state index contributed by atoms with van der Waals surface area (Å²) < 4.78 is 32.0. The van der Waals surface area contributed by atoms with Crippen LogP contribution in [0.25, 0.3) is 0 Å². The van der Waals surface area contributed by atoms with Gasteiger partial charge >= 0.3 is 51.4 Å². The van der Waals surface area contributed by atoms with Crippen molar-refractivity contribution in [3.8, 4) is 0 Å². The predicted molar refractivity (Wildman–Crippen MR) is 49.1 cm³/mol. The van der Waals surface area contributed by atoms with Gasteiger partial charge < -0.3 is 9.66 Å². The van der Waals surface area contributed by atoms with Gasteiger partial charge in [0.25, 0.3) is 0 Å². The second-order valence-corrected chi connectivity index (χ2v) is 4.88. The molecule has 0 radical (unpaired) electrons. The molecule has 0 saturated heterocycles. The van der Waals surface area contributed by atoms with Crippen molar-refractivity contribution in [3.63, 3.8) is 0 Å². The number of rotatable bonds is 6. The average Bonchev–Trinajstić information content (AvgIpc) is 2.02. The van der Waals surface area contributed by atoms with Gasteiger partial charge in [0.05, 0.1) is 0 Å². The van der Waals surface area contributed by atoms with Crippen LogP contribution in [0.5, 0.6) is 0 Å². The minimum atomic E-state index is -4.59. The molecule has 0 amide bonds. The molecular formula is C8H17KO4S. The molecule has 0 bridgehead atoms. The Morgan fingerprint density at radius 2 is 1.79 bits per heavy atom. The monoisotopic (exact) mass is 248 g/mol. The van der Waals surface area contributed by atoms with E-state index in [9.17, 15) is 18.1 Å².